The Kier molecular flexibility index (Phi) is 7.88. The Bertz CT molecular complexity index is 1860. The Balaban J connectivity index is 1.45. The van der Waals surface area contributed by atoms with Crippen LogP contribution in [-0.4, -0.2) is 67.3 Å². The summed E-state index contributed by atoms with van der Waals surface area (Å²) in [4.78, 5) is 56.6. The van der Waals surface area contributed by atoms with Gasteiger partial charge in [-0.3, -0.25) is 14.2 Å². The summed E-state index contributed by atoms with van der Waals surface area (Å²) in [7, 11) is 2.91. The Hall–Kier alpha value is -4.85. The van der Waals surface area contributed by atoms with Crippen molar-refractivity contribution >= 4 is 23.2 Å². The predicted octanol–water partition coefficient (Wildman–Crippen LogP) is 1.64. The Labute approximate surface area is 243 Å². The van der Waals surface area contributed by atoms with Gasteiger partial charge in [-0.25, -0.2) is 23.4 Å². The van der Waals surface area contributed by atoms with E-state index < -0.39 is 46.4 Å². The van der Waals surface area contributed by atoms with E-state index in [0.717, 1.165) is 16.7 Å². The number of aliphatic carboxylic acids is 1. The first-order chi connectivity index (χ1) is 20.4. The second kappa shape index (κ2) is 11.4. The molecule has 1 aliphatic rings. The van der Waals surface area contributed by atoms with Crippen molar-refractivity contribution in [1.82, 2.24) is 23.8 Å². The third-order valence-electron chi connectivity index (χ3n) is 7.83. The SMILES string of the molecule is Cc1c(-c2ccc(C[C@H](NC(=O)c3c(F)cc(N4CCOC[C@@H]4C)cc3F)C(=O)O)n3ccnc23)c(=O)n(C)c(=O)n1C. The lowest BCUT2D eigenvalue weighted by Gasteiger charge is -2.35. The number of carbonyl (C=O) groups is 2. The van der Waals surface area contributed by atoms with Crippen molar-refractivity contribution in [1.29, 1.82) is 0 Å². The Morgan fingerprint density at radius 1 is 1.16 bits per heavy atom. The van der Waals surface area contributed by atoms with Crippen LogP contribution >= 0.6 is 0 Å². The topological polar surface area (TPSA) is 140 Å². The largest absolute Gasteiger partial charge is 0.480 e. The number of nitrogens with one attached hydrogen (secondary N) is 1. The molecule has 12 nitrogen and oxygen atoms in total. The molecule has 1 saturated heterocycles. The van der Waals surface area contributed by atoms with E-state index >= 15 is 8.78 Å². The van der Waals surface area contributed by atoms with Crippen molar-refractivity contribution < 1.29 is 28.2 Å². The average Bonchev–Trinajstić information content (AvgIpc) is 3.46. The molecule has 0 radical (unpaired) electrons. The second-order valence-corrected chi connectivity index (χ2v) is 10.5. The van der Waals surface area contributed by atoms with Crippen LogP contribution in [0.4, 0.5) is 14.5 Å². The number of benzene rings is 1. The molecule has 3 aromatic heterocycles. The van der Waals surface area contributed by atoms with Gasteiger partial charge in [0.05, 0.1) is 18.8 Å². The van der Waals surface area contributed by atoms with E-state index in [4.69, 9.17) is 4.74 Å². The molecule has 43 heavy (non-hydrogen) atoms. The number of amides is 1. The molecular weight excluding hydrogens is 566 g/mol. The van der Waals surface area contributed by atoms with Crippen molar-refractivity contribution in [2.24, 2.45) is 14.1 Å². The predicted molar refractivity (Wildman–Crippen MR) is 152 cm³/mol. The third kappa shape index (κ3) is 5.29. The van der Waals surface area contributed by atoms with Crippen LogP contribution in [0.3, 0.4) is 0 Å². The summed E-state index contributed by atoms with van der Waals surface area (Å²) in [5, 5.41) is 12.1. The van der Waals surface area contributed by atoms with Gasteiger partial charge in [-0.2, -0.15) is 0 Å². The van der Waals surface area contributed by atoms with Crippen molar-refractivity contribution in [3.8, 4) is 11.1 Å². The Morgan fingerprint density at radius 2 is 1.86 bits per heavy atom. The Morgan fingerprint density at radius 3 is 2.51 bits per heavy atom. The number of pyridine rings is 1. The number of hydrogen-bond donors (Lipinski definition) is 2. The first-order valence-electron chi connectivity index (χ1n) is 13.5. The van der Waals surface area contributed by atoms with E-state index in [1.807, 2.05) is 6.92 Å². The molecular formula is C29H30F2N6O6. The average molecular weight is 597 g/mol. The van der Waals surface area contributed by atoms with Crippen molar-refractivity contribution in [2.75, 3.05) is 24.7 Å². The maximum Gasteiger partial charge on any atom is 0.330 e. The molecule has 0 aliphatic carbocycles. The van der Waals surface area contributed by atoms with E-state index in [-0.39, 0.29) is 23.7 Å². The highest BCUT2D eigenvalue weighted by molar-refractivity contribution is 5.97. The zero-order valence-electron chi connectivity index (χ0n) is 23.9. The number of anilines is 1. The van der Waals surface area contributed by atoms with Crippen molar-refractivity contribution in [3.63, 3.8) is 0 Å². The first-order valence-corrected chi connectivity index (χ1v) is 13.5. The number of imidazole rings is 1. The lowest BCUT2D eigenvalue weighted by atomic mass is 10.0. The number of carbonyl (C=O) groups excluding carboxylic acids is 1. The molecule has 4 aromatic rings. The first kappa shape index (κ1) is 29.6. The monoisotopic (exact) mass is 596 g/mol. The normalized spacial score (nSPS) is 16.0. The summed E-state index contributed by atoms with van der Waals surface area (Å²) in [6.07, 6.45) is 2.74. The number of ether oxygens (including phenoxy) is 1. The highest BCUT2D eigenvalue weighted by Crippen LogP contribution is 2.27. The number of aromatic nitrogens is 4. The maximum atomic E-state index is 15.1. The molecule has 14 heteroatoms. The number of rotatable bonds is 7. The van der Waals surface area contributed by atoms with Gasteiger partial charge in [0, 0.05) is 68.1 Å². The van der Waals surface area contributed by atoms with Gasteiger partial charge >= 0.3 is 11.7 Å². The fourth-order valence-corrected chi connectivity index (χ4v) is 5.38. The molecule has 2 atom stereocenters. The second-order valence-electron chi connectivity index (χ2n) is 10.5. The number of carboxylic acid groups (broad SMARTS) is 1. The number of carboxylic acids is 1. The van der Waals surface area contributed by atoms with Crippen molar-refractivity contribution in [2.45, 2.75) is 32.4 Å². The summed E-state index contributed by atoms with van der Waals surface area (Å²) in [6, 6.07) is 3.56. The third-order valence-corrected chi connectivity index (χ3v) is 7.83. The van der Waals surface area contributed by atoms with Gasteiger partial charge in [0.25, 0.3) is 11.5 Å². The smallest absolute Gasteiger partial charge is 0.330 e. The molecule has 1 aromatic carbocycles. The fourth-order valence-electron chi connectivity index (χ4n) is 5.38. The minimum Gasteiger partial charge on any atom is -0.480 e. The molecule has 0 saturated carbocycles. The highest BCUT2D eigenvalue weighted by atomic mass is 19.1. The van der Waals surface area contributed by atoms with Gasteiger partial charge in [-0.05, 0) is 38.1 Å². The minimum absolute atomic E-state index is 0.129. The zero-order chi connectivity index (χ0) is 31.2. The number of nitrogens with zero attached hydrogens (tertiary/aromatic N) is 5. The molecule has 5 rings (SSSR count). The molecule has 2 N–H and O–H groups in total. The summed E-state index contributed by atoms with van der Waals surface area (Å²) >= 11 is 0. The molecule has 1 fully saturated rings. The molecule has 226 valence electrons. The van der Waals surface area contributed by atoms with Crippen molar-refractivity contribution in [3.05, 3.63) is 86.1 Å². The van der Waals surface area contributed by atoms with E-state index in [2.05, 4.69) is 10.3 Å². The van der Waals surface area contributed by atoms with Crippen LogP contribution in [0.1, 0.15) is 28.7 Å². The van der Waals surface area contributed by atoms with Crippen LogP contribution < -0.4 is 21.5 Å². The quantitative estimate of drug-likeness (QED) is 0.328. The number of fused-ring (bicyclic) bond motifs is 1. The number of morpholine rings is 1. The van der Waals surface area contributed by atoms with Gasteiger partial charge in [0.2, 0.25) is 0 Å². The van der Waals surface area contributed by atoms with Crippen LogP contribution in [0.2, 0.25) is 0 Å². The molecule has 4 heterocycles. The van der Waals surface area contributed by atoms with Crippen LogP contribution in [0.5, 0.6) is 0 Å². The molecule has 0 bridgehead atoms. The van der Waals surface area contributed by atoms with Crippen LogP contribution in [0.25, 0.3) is 16.8 Å². The van der Waals surface area contributed by atoms with Crippen LogP contribution in [0.15, 0.2) is 46.2 Å². The van der Waals surface area contributed by atoms with Crippen LogP contribution in [-0.2, 0) is 30.0 Å². The lowest BCUT2D eigenvalue weighted by molar-refractivity contribution is -0.139. The summed E-state index contributed by atoms with van der Waals surface area (Å²) < 4.78 is 39.4. The summed E-state index contributed by atoms with van der Waals surface area (Å²) in [5.74, 6) is -4.88. The summed E-state index contributed by atoms with van der Waals surface area (Å²) in [6.45, 7) is 4.68. The highest BCUT2D eigenvalue weighted by Gasteiger charge is 2.28. The molecule has 1 amide bonds. The van der Waals surface area contributed by atoms with Gasteiger partial charge in [-0.15, -0.1) is 0 Å². The molecule has 1 aliphatic heterocycles. The number of hydrogen-bond acceptors (Lipinski definition) is 7. The lowest BCUT2D eigenvalue weighted by Crippen LogP contribution is -2.44. The minimum atomic E-state index is -1.56. The van der Waals surface area contributed by atoms with E-state index in [9.17, 15) is 24.3 Å². The van der Waals surface area contributed by atoms with E-state index in [1.165, 1.54) is 17.8 Å². The zero-order valence-corrected chi connectivity index (χ0v) is 23.9. The van der Waals surface area contributed by atoms with E-state index in [0.29, 0.717) is 42.4 Å². The van der Waals surface area contributed by atoms with Gasteiger partial charge in [0.15, 0.2) is 0 Å². The van der Waals surface area contributed by atoms with Gasteiger partial charge < -0.3 is 29.0 Å². The standard InChI is InChI=1S/C29H30F2N6O6/c1-15-14-43-10-9-36(15)18-11-20(30)24(21(31)12-18)26(38)33-22(28(40)41)13-17-5-6-19(25-32-7-8-37(17)25)23-16(2)34(3)29(42)35(4)27(23)39/h5-8,11-12,15,22H,9-10,13-14H2,1-4H3,(H,33,38)(H,40,41)/t15-,22-/m0/s1. The van der Waals surface area contributed by atoms with Gasteiger partial charge in [0.1, 0.15) is 28.9 Å². The summed E-state index contributed by atoms with van der Waals surface area (Å²) in [5.41, 5.74) is 0.140. The van der Waals surface area contributed by atoms with E-state index in [1.54, 1.807) is 41.6 Å². The van der Waals surface area contributed by atoms with Gasteiger partial charge in [-0.1, -0.05) is 0 Å². The number of halogens is 2. The van der Waals surface area contributed by atoms with Crippen LogP contribution in [0, 0.1) is 18.6 Å². The molecule has 0 unspecified atom stereocenters. The maximum absolute atomic E-state index is 15.1. The fraction of sp³-hybridized carbons (Fsp3) is 0.345. The molecule has 0 spiro atoms.